The fourth-order valence-corrected chi connectivity index (χ4v) is 1.51. The molecule has 16 heavy (non-hydrogen) atoms. The SMILES string of the molecule is COC(=O)/C=C\CCCOC1CCCCO1. The maximum Gasteiger partial charge on any atom is 0.330 e. The van der Waals surface area contributed by atoms with Crippen LogP contribution in [0.2, 0.25) is 0 Å². The summed E-state index contributed by atoms with van der Waals surface area (Å²) in [4.78, 5) is 10.7. The van der Waals surface area contributed by atoms with Crippen LogP contribution in [0.15, 0.2) is 12.2 Å². The summed E-state index contributed by atoms with van der Waals surface area (Å²) in [5, 5.41) is 0. The molecule has 1 atom stereocenters. The van der Waals surface area contributed by atoms with Gasteiger partial charge in [0.1, 0.15) is 0 Å². The predicted octanol–water partition coefficient (Wildman–Crippen LogP) is 2.04. The fourth-order valence-electron chi connectivity index (χ4n) is 1.51. The lowest BCUT2D eigenvalue weighted by atomic mass is 10.2. The summed E-state index contributed by atoms with van der Waals surface area (Å²) in [5.74, 6) is -0.309. The van der Waals surface area contributed by atoms with Gasteiger partial charge in [0, 0.05) is 12.7 Å². The Labute approximate surface area is 96.6 Å². The zero-order chi connectivity index (χ0) is 11.6. The van der Waals surface area contributed by atoms with Crippen LogP contribution >= 0.6 is 0 Å². The molecule has 1 rings (SSSR count). The summed E-state index contributed by atoms with van der Waals surface area (Å²) in [7, 11) is 1.37. The van der Waals surface area contributed by atoms with Crippen LogP contribution in [0.4, 0.5) is 0 Å². The standard InChI is InChI=1S/C12H20O4/c1-14-11(13)7-3-2-5-9-15-12-8-4-6-10-16-12/h3,7,12H,2,4-6,8-10H2,1H3/b7-3-. The van der Waals surface area contributed by atoms with Crippen molar-refractivity contribution in [3.63, 3.8) is 0 Å². The lowest BCUT2D eigenvalue weighted by Crippen LogP contribution is -2.22. The third-order valence-electron chi connectivity index (χ3n) is 2.41. The average Bonchev–Trinajstić information content (AvgIpc) is 2.34. The highest BCUT2D eigenvalue weighted by atomic mass is 16.7. The molecule has 4 nitrogen and oxygen atoms in total. The third-order valence-corrected chi connectivity index (χ3v) is 2.41. The lowest BCUT2D eigenvalue weighted by Gasteiger charge is -2.22. The Kier molecular flexibility index (Phi) is 6.85. The Morgan fingerprint density at radius 3 is 3.06 bits per heavy atom. The van der Waals surface area contributed by atoms with E-state index in [-0.39, 0.29) is 12.3 Å². The molecule has 0 aromatic rings. The van der Waals surface area contributed by atoms with E-state index in [1.165, 1.54) is 19.6 Å². The number of rotatable bonds is 6. The molecule has 0 saturated carbocycles. The van der Waals surface area contributed by atoms with E-state index < -0.39 is 0 Å². The molecule has 92 valence electrons. The fraction of sp³-hybridized carbons (Fsp3) is 0.750. The Hall–Kier alpha value is -0.870. The van der Waals surface area contributed by atoms with Gasteiger partial charge in [-0.05, 0) is 32.1 Å². The van der Waals surface area contributed by atoms with Crippen molar-refractivity contribution in [2.45, 2.75) is 38.4 Å². The molecule has 0 aromatic heterocycles. The second-order valence-electron chi connectivity index (χ2n) is 3.73. The number of esters is 1. The van der Waals surface area contributed by atoms with Gasteiger partial charge in [0.2, 0.25) is 0 Å². The van der Waals surface area contributed by atoms with Crippen molar-refractivity contribution in [3.8, 4) is 0 Å². The number of hydrogen-bond acceptors (Lipinski definition) is 4. The van der Waals surface area contributed by atoms with E-state index >= 15 is 0 Å². The van der Waals surface area contributed by atoms with Crippen LogP contribution in [0.1, 0.15) is 32.1 Å². The van der Waals surface area contributed by atoms with Gasteiger partial charge >= 0.3 is 5.97 Å². The summed E-state index contributed by atoms with van der Waals surface area (Å²) in [6.45, 7) is 1.49. The van der Waals surface area contributed by atoms with Crippen molar-refractivity contribution < 1.29 is 19.0 Å². The number of methoxy groups -OCH3 is 1. The van der Waals surface area contributed by atoms with Gasteiger partial charge in [0.25, 0.3) is 0 Å². The van der Waals surface area contributed by atoms with Gasteiger partial charge in [-0.2, -0.15) is 0 Å². The highest BCUT2D eigenvalue weighted by molar-refractivity contribution is 5.81. The molecule has 1 saturated heterocycles. The van der Waals surface area contributed by atoms with Crippen LogP contribution in [-0.2, 0) is 19.0 Å². The molecule has 1 unspecified atom stereocenters. The van der Waals surface area contributed by atoms with E-state index in [0.29, 0.717) is 6.61 Å². The van der Waals surface area contributed by atoms with Crippen LogP contribution in [0.3, 0.4) is 0 Å². The number of allylic oxidation sites excluding steroid dienone is 1. The van der Waals surface area contributed by atoms with Gasteiger partial charge in [0.15, 0.2) is 6.29 Å². The van der Waals surface area contributed by atoms with E-state index in [1.807, 2.05) is 0 Å². The number of hydrogen-bond donors (Lipinski definition) is 0. The Morgan fingerprint density at radius 2 is 2.38 bits per heavy atom. The van der Waals surface area contributed by atoms with Gasteiger partial charge in [-0.1, -0.05) is 6.08 Å². The summed E-state index contributed by atoms with van der Waals surface area (Å²) in [6.07, 6.45) is 8.27. The Bertz CT molecular complexity index is 219. The van der Waals surface area contributed by atoms with Gasteiger partial charge < -0.3 is 14.2 Å². The predicted molar refractivity (Wildman–Crippen MR) is 59.9 cm³/mol. The van der Waals surface area contributed by atoms with Crippen LogP contribution in [-0.4, -0.2) is 32.6 Å². The molecule has 0 amide bonds. The van der Waals surface area contributed by atoms with Crippen molar-refractivity contribution in [2.75, 3.05) is 20.3 Å². The average molecular weight is 228 g/mol. The third kappa shape index (κ3) is 5.88. The van der Waals surface area contributed by atoms with Gasteiger partial charge in [0.05, 0.1) is 13.7 Å². The van der Waals surface area contributed by atoms with Gasteiger partial charge in [-0.25, -0.2) is 4.79 Å². The molecular formula is C12H20O4. The highest BCUT2D eigenvalue weighted by Crippen LogP contribution is 2.13. The van der Waals surface area contributed by atoms with Crippen molar-refractivity contribution >= 4 is 5.97 Å². The molecule has 1 heterocycles. The normalized spacial score (nSPS) is 21.2. The Balaban J connectivity index is 1.94. The lowest BCUT2D eigenvalue weighted by molar-refractivity contribution is -0.162. The summed E-state index contributed by atoms with van der Waals surface area (Å²) in [5.41, 5.74) is 0. The molecule has 1 aliphatic rings. The molecule has 4 heteroatoms. The zero-order valence-electron chi connectivity index (χ0n) is 9.81. The maximum atomic E-state index is 10.7. The first-order valence-electron chi connectivity index (χ1n) is 5.80. The summed E-state index contributed by atoms with van der Waals surface area (Å²) < 4.78 is 15.4. The van der Waals surface area contributed by atoms with Crippen LogP contribution in [0, 0.1) is 0 Å². The number of ether oxygens (including phenoxy) is 3. The van der Waals surface area contributed by atoms with Crippen LogP contribution in [0.5, 0.6) is 0 Å². The topological polar surface area (TPSA) is 44.8 Å². The molecule has 1 aliphatic heterocycles. The van der Waals surface area contributed by atoms with Gasteiger partial charge in [-0.3, -0.25) is 0 Å². The molecular weight excluding hydrogens is 208 g/mol. The van der Waals surface area contributed by atoms with Crippen molar-refractivity contribution in [1.82, 2.24) is 0 Å². The minimum absolute atomic E-state index is 0.0154. The molecule has 1 fully saturated rings. The van der Waals surface area contributed by atoms with E-state index in [1.54, 1.807) is 6.08 Å². The molecule has 0 aliphatic carbocycles. The smallest absolute Gasteiger partial charge is 0.330 e. The molecule has 0 spiro atoms. The number of unbranched alkanes of at least 4 members (excludes halogenated alkanes) is 1. The second kappa shape index (κ2) is 8.30. The first-order valence-corrected chi connectivity index (χ1v) is 5.80. The first kappa shape index (κ1) is 13.2. The van der Waals surface area contributed by atoms with E-state index in [4.69, 9.17) is 9.47 Å². The van der Waals surface area contributed by atoms with E-state index in [2.05, 4.69) is 4.74 Å². The van der Waals surface area contributed by atoms with Crippen LogP contribution in [0.25, 0.3) is 0 Å². The molecule has 0 N–H and O–H groups in total. The van der Waals surface area contributed by atoms with Crippen molar-refractivity contribution in [2.24, 2.45) is 0 Å². The maximum absolute atomic E-state index is 10.7. The monoisotopic (exact) mass is 228 g/mol. The number of carbonyl (C=O) groups excluding carboxylic acids is 1. The quantitative estimate of drug-likeness (QED) is 0.396. The first-order chi connectivity index (χ1) is 7.83. The summed E-state index contributed by atoms with van der Waals surface area (Å²) >= 11 is 0. The van der Waals surface area contributed by atoms with Crippen molar-refractivity contribution in [1.29, 1.82) is 0 Å². The largest absolute Gasteiger partial charge is 0.466 e. The second-order valence-corrected chi connectivity index (χ2v) is 3.73. The van der Waals surface area contributed by atoms with E-state index in [0.717, 1.165) is 32.3 Å². The van der Waals surface area contributed by atoms with Crippen LogP contribution < -0.4 is 0 Å². The minimum atomic E-state index is -0.309. The van der Waals surface area contributed by atoms with Gasteiger partial charge in [-0.15, -0.1) is 0 Å². The highest BCUT2D eigenvalue weighted by Gasteiger charge is 2.12. The van der Waals surface area contributed by atoms with E-state index in [9.17, 15) is 4.79 Å². The summed E-state index contributed by atoms with van der Waals surface area (Å²) in [6, 6.07) is 0. The molecule has 0 aromatic carbocycles. The Morgan fingerprint density at radius 1 is 1.50 bits per heavy atom. The zero-order valence-corrected chi connectivity index (χ0v) is 9.81. The molecule has 0 radical (unpaired) electrons. The number of carbonyl (C=O) groups is 1. The van der Waals surface area contributed by atoms with Crippen molar-refractivity contribution in [3.05, 3.63) is 12.2 Å². The molecule has 0 bridgehead atoms. The minimum Gasteiger partial charge on any atom is -0.466 e.